The average molecular weight is 266 g/mol. The smallest absolute Gasteiger partial charge is 0.127 e. The Bertz CT molecular complexity index is 379. The van der Waals surface area contributed by atoms with Gasteiger partial charge in [-0.3, -0.25) is 4.90 Å². The van der Waals surface area contributed by atoms with Crippen LogP contribution in [0, 0.1) is 5.82 Å². The predicted molar refractivity (Wildman–Crippen MR) is 79.4 cm³/mol. The van der Waals surface area contributed by atoms with E-state index in [1.165, 1.54) is 18.9 Å². The second-order valence-corrected chi connectivity index (χ2v) is 5.21. The first-order valence-corrected chi connectivity index (χ1v) is 7.33. The Hall–Kier alpha value is -0.930. The Morgan fingerprint density at radius 1 is 1.32 bits per heavy atom. The van der Waals surface area contributed by atoms with Crippen molar-refractivity contribution in [3.63, 3.8) is 0 Å². The lowest BCUT2D eigenvalue weighted by molar-refractivity contribution is 0.192. The minimum Gasteiger partial charge on any atom is -0.326 e. The molecule has 0 fully saturated rings. The van der Waals surface area contributed by atoms with Crippen molar-refractivity contribution in [3.8, 4) is 0 Å². The molecule has 1 aromatic carbocycles. The quantitative estimate of drug-likeness (QED) is 0.777. The summed E-state index contributed by atoms with van der Waals surface area (Å²) < 4.78 is 13.4. The lowest BCUT2D eigenvalue weighted by Gasteiger charge is -2.28. The molecule has 19 heavy (non-hydrogen) atoms. The number of benzene rings is 1. The molecule has 0 saturated carbocycles. The summed E-state index contributed by atoms with van der Waals surface area (Å²) in [6.45, 7) is 8.91. The topological polar surface area (TPSA) is 29.3 Å². The summed E-state index contributed by atoms with van der Waals surface area (Å²) in [7, 11) is 0. The third kappa shape index (κ3) is 4.92. The van der Waals surface area contributed by atoms with Crippen LogP contribution in [0.5, 0.6) is 0 Å². The maximum atomic E-state index is 13.4. The first-order chi connectivity index (χ1) is 9.12. The zero-order valence-electron chi connectivity index (χ0n) is 12.5. The molecule has 0 aromatic heterocycles. The molecule has 0 aliphatic carbocycles. The summed E-state index contributed by atoms with van der Waals surface area (Å²) in [4.78, 5) is 2.47. The number of nitrogens with two attached hydrogens (primary N) is 1. The molecule has 2 nitrogen and oxygen atoms in total. The monoisotopic (exact) mass is 266 g/mol. The lowest BCUT2D eigenvalue weighted by Crippen LogP contribution is -2.33. The van der Waals surface area contributed by atoms with Crippen LogP contribution < -0.4 is 5.73 Å². The van der Waals surface area contributed by atoms with Crippen LogP contribution in [0.2, 0.25) is 0 Å². The van der Waals surface area contributed by atoms with E-state index in [0.29, 0.717) is 11.6 Å². The predicted octanol–water partition coefficient (Wildman–Crippen LogP) is 3.69. The standard InChI is InChI=1S/C16H27FN2/c1-4-6-9-19(13(3)5-2)12-14-7-8-16(17)15(10-14)11-18/h7-8,10,13H,4-6,9,11-12,18H2,1-3H3. The highest BCUT2D eigenvalue weighted by molar-refractivity contribution is 5.25. The van der Waals surface area contributed by atoms with Crippen LogP contribution in [0.15, 0.2) is 18.2 Å². The molecule has 108 valence electrons. The fourth-order valence-electron chi connectivity index (χ4n) is 2.19. The van der Waals surface area contributed by atoms with Crippen LogP contribution in [0.1, 0.15) is 51.2 Å². The summed E-state index contributed by atoms with van der Waals surface area (Å²) in [5, 5.41) is 0. The van der Waals surface area contributed by atoms with Crippen LogP contribution in [0.3, 0.4) is 0 Å². The van der Waals surface area contributed by atoms with Gasteiger partial charge in [-0.15, -0.1) is 0 Å². The minimum absolute atomic E-state index is 0.199. The van der Waals surface area contributed by atoms with Gasteiger partial charge in [-0.2, -0.15) is 0 Å². The molecule has 0 amide bonds. The molecule has 1 unspecified atom stereocenters. The van der Waals surface area contributed by atoms with Crippen molar-refractivity contribution in [2.24, 2.45) is 5.73 Å². The highest BCUT2D eigenvalue weighted by Crippen LogP contribution is 2.15. The summed E-state index contributed by atoms with van der Waals surface area (Å²) in [6.07, 6.45) is 3.54. The van der Waals surface area contributed by atoms with Gasteiger partial charge in [-0.25, -0.2) is 4.39 Å². The van der Waals surface area contributed by atoms with Crippen LogP contribution in [-0.2, 0) is 13.1 Å². The number of unbranched alkanes of at least 4 members (excludes halogenated alkanes) is 1. The van der Waals surface area contributed by atoms with Crippen LogP contribution in [0.4, 0.5) is 4.39 Å². The van der Waals surface area contributed by atoms with Gasteiger partial charge in [0.15, 0.2) is 0 Å². The molecule has 0 aliphatic rings. The van der Waals surface area contributed by atoms with Crippen molar-refractivity contribution >= 4 is 0 Å². The molecule has 1 atom stereocenters. The maximum absolute atomic E-state index is 13.4. The van der Waals surface area contributed by atoms with Crippen molar-refractivity contribution in [1.29, 1.82) is 0 Å². The van der Waals surface area contributed by atoms with Crippen molar-refractivity contribution in [1.82, 2.24) is 4.90 Å². The van der Waals surface area contributed by atoms with Gasteiger partial charge in [0.2, 0.25) is 0 Å². The fraction of sp³-hybridized carbons (Fsp3) is 0.625. The second-order valence-electron chi connectivity index (χ2n) is 5.21. The van der Waals surface area contributed by atoms with Crippen molar-refractivity contribution in [3.05, 3.63) is 35.1 Å². The first-order valence-electron chi connectivity index (χ1n) is 7.33. The van der Waals surface area contributed by atoms with E-state index in [2.05, 4.69) is 25.7 Å². The van der Waals surface area contributed by atoms with E-state index in [4.69, 9.17) is 5.73 Å². The Morgan fingerprint density at radius 3 is 2.63 bits per heavy atom. The highest BCUT2D eigenvalue weighted by atomic mass is 19.1. The van der Waals surface area contributed by atoms with Gasteiger partial charge >= 0.3 is 0 Å². The van der Waals surface area contributed by atoms with Crippen molar-refractivity contribution in [2.45, 2.75) is 59.2 Å². The molecule has 0 radical (unpaired) electrons. The van der Waals surface area contributed by atoms with E-state index in [1.54, 1.807) is 0 Å². The molecule has 0 heterocycles. The first kappa shape index (κ1) is 16.1. The van der Waals surface area contributed by atoms with Crippen LogP contribution in [-0.4, -0.2) is 17.5 Å². The van der Waals surface area contributed by atoms with Gasteiger partial charge in [0.25, 0.3) is 0 Å². The van der Waals surface area contributed by atoms with Gasteiger partial charge < -0.3 is 5.73 Å². The van der Waals surface area contributed by atoms with E-state index < -0.39 is 0 Å². The zero-order chi connectivity index (χ0) is 14.3. The average Bonchev–Trinajstić information content (AvgIpc) is 2.44. The molecule has 1 rings (SSSR count). The maximum Gasteiger partial charge on any atom is 0.127 e. The molecule has 1 aromatic rings. The molecule has 2 N–H and O–H groups in total. The van der Waals surface area contributed by atoms with E-state index in [0.717, 1.165) is 25.1 Å². The SMILES string of the molecule is CCCCN(Cc1ccc(F)c(CN)c1)C(C)CC. The molecule has 3 heteroatoms. The van der Waals surface area contributed by atoms with Crippen LogP contribution >= 0.6 is 0 Å². The third-order valence-electron chi connectivity index (χ3n) is 3.73. The Morgan fingerprint density at radius 2 is 2.05 bits per heavy atom. The minimum atomic E-state index is -0.199. The van der Waals surface area contributed by atoms with E-state index >= 15 is 0 Å². The molecule has 0 saturated heterocycles. The molecule has 0 bridgehead atoms. The number of rotatable bonds is 8. The Kier molecular flexibility index (Phi) is 7.03. The molecular formula is C16H27FN2. The van der Waals surface area contributed by atoms with Gasteiger partial charge in [-0.05, 0) is 37.9 Å². The fourth-order valence-corrected chi connectivity index (χ4v) is 2.19. The number of halogens is 1. The molecular weight excluding hydrogens is 239 g/mol. The van der Waals surface area contributed by atoms with E-state index in [-0.39, 0.29) is 12.4 Å². The van der Waals surface area contributed by atoms with Gasteiger partial charge in [-0.1, -0.05) is 32.4 Å². The normalized spacial score (nSPS) is 12.9. The summed E-state index contributed by atoms with van der Waals surface area (Å²) in [5.74, 6) is -0.199. The summed E-state index contributed by atoms with van der Waals surface area (Å²) in [6, 6.07) is 5.86. The third-order valence-corrected chi connectivity index (χ3v) is 3.73. The Labute approximate surface area is 116 Å². The lowest BCUT2D eigenvalue weighted by atomic mass is 10.1. The van der Waals surface area contributed by atoms with Gasteiger partial charge in [0.05, 0.1) is 0 Å². The summed E-state index contributed by atoms with van der Waals surface area (Å²) >= 11 is 0. The Balaban J connectivity index is 2.77. The van der Waals surface area contributed by atoms with E-state index in [1.807, 2.05) is 12.1 Å². The number of nitrogens with zero attached hydrogens (tertiary/aromatic N) is 1. The number of hydrogen-bond donors (Lipinski definition) is 1. The number of hydrogen-bond acceptors (Lipinski definition) is 2. The largest absolute Gasteiger partial charge is 0.326 e. The van der Waals surface area contributed by atoms with Crippen molar-refractivity contribution < 1.29 is 4.39 Å². The zero-order valence-corrected chi connectivity index (χ0v) is 12.5. The highest BCUT2D eigenvalue weighted by Gasteiger charge is 2.13. The second kappa shape index (κ2) is 8.28. The van der Waals surface area contributed by atoms with Gasteiger partial charge in [0, 0.05) is 24.7 Å². The van der Waals surface area contributed by atoms with E-state index in [9.17, 15) is 4.39 Å². The molecule has 0 aliphatic heterocycles. The van der Waals surface area contributed by atoms with Crippen LogP contribution in [0.25, 0.3) is 0 Å². The van der Waals surface area contributed by atoms with Gasteiger partial charge in [0.1, 0.15) is 5.82 Å². The molecule has 0 spiro atoms. The summed E-state index contributed by atoms with van der Waals surface area (Å²) in [5.41, 5.74) is 7.32. The van der Waals surface area contributed by atoms with Crippen molar-refractivity contribution in [2.75, 3.05) is 6.54 Å².